The molecule has 3 rings (SSSR count). The maximum absolute atomic E-state index is 11.5. The van der Waals surface area contributed by atoms with Crippen molar-refractivity contribution in [1.29, 1.82) is 0 Å². The van der Waals surface area contributed by atoms with Crippen LogP contribution in [0.1, 0.15) is 27.2 Å². The Kier molecular flexibility index (Phi) is 3.68. The van der Waals surface area contributed by atoms with Gasteiger partial charge in [0, 0.05) is 13.1 Å². The minimum atomic E-state index is -0.357. The minimum Gasteiger partial charge on any atom is -0.444 e. The second-order valence-electron chi connectivity index (χ2n) is 6.15. The summed E-state index contributed by atoms with van der Waals surface area (Å²) < 4.78 is 5.28. The summed E-state index contributed by atoms with van der Waals surface area (Å²) in [5.74, 6) is 2.18. The predicted octanol–water partition coefficient (Wildman–Crippen LogP) is 1.87. The maximum Gasteiger partial charge on any atom is 0.410 e. The zero-order valence-electron chi connectivity index (χ0n) is 11.7. The number of likely N-dealkylation sites (tertiary alicyclic amines) is 1. The third kappa shape index (κ3) is 4.15. The number of carbonyl (C=O) groups excluding carboxylic acids is 1. The SMILES string of the molecule is CC(C)(C)OC(=O)N1CC2CC2C1.Nc1ccn[nH]1. The minimum absolute atomic E-state index is 0.139. The monoisotopic (exact) mass is 266 g/mol. The molecule has 1 amide bonds. The van der Waals surface area contributed by atoms with Crippen molar-refractivity contribution in [3.63, 3.8) is 0 Å². The number of anilines is 1. The highest BCUT2D eigenvalue weighted by Crippen LogP contribution is 2.45. The first-order valence-corrected chi connectivity index (χ1v) is 6.58. The van der Waals surface area contributed by atoms with Gasteiger partial charge in [0.05, 0.1) is 6.20 Å². The summed E-state index contributed by atoms with van der Waals surface area (Å²) in [4.78, 5) is 13.4. The van der Waals surface area contributed by atoms with Gasteiger partial charge in [-0.2, -0.15) is 5.10 Å². The molecule has 0 spiro atoms. The molecule has 6 heteroatoms. The van der Waals surface area contributed by atoms with E-state index in [1.54, 1.807) is 12.3 Å². The molecule has 1 aliphatic heterocycles. The average Bonchev–Trinajstić information content (AvgIpc) is 2.73. The van der Waals surface area contributed by atoms with E-state index in [1.165, 1.54) is 6.42 Å². The number of fused-ring (bicyclic) bond motifs is 1. The number of aromatic nitrogens is 2. The Morgan fingerprint density at radius 2 is 2.11 bits per heavy atom. The number of carbonyl (C=O) groups is 1. The van der Waals surface area contributed by atoms with Gasteiger partial charge in [-0.25, -0.2) is 4.79 Å². The van der Waals surface area contributed by atoms with Crippen molar-refractivity contribution >= 4 is 11.9 Å². The number of nitrogens with one attached hydrogen (secondary N) is 1. The molecular weight excluding hydrogens is 244 g/mol. The van der Waals surface area contributed by atoms with Crippen molar-refractivity contribution < 1.29 is 9.53 Å². The van der Waals surface area contributed by atoms with Crippen LogP contribution in [0.3, 0.4) is 0 Å². The number of nitrogens with zero attached hydrogens (tertiary/aromatic N) is 2. The smallest absolute Gasteiger partial charge is 0.410 e. The van der Waals surface area contributed by atoms with Gasteiger partial charge in [-0.3, -0.25) is 5.10 Å². The molecule has 2 atom stereocenters. The first-order chi connectivity index (χ1) is 8.85. The lowest BCUT2D eigenvalue weighted by Crippen LogP contribution is -2.36. The van der Waals surface area contributed by atoms with Crippen LogP contribution in [0.2, 0.25) is 0 Å². The Morgan fingerprint density at radius 3 is 2.47 bits per heavy atom. The van der Waals surface area contributed by atoms with Gasteiger partial charge in [-0.15, -0.1) is 0 Å². The highest BCUT2D eigenvalue weighted by Gasteiger charge is 2.47. The molecule has 6 nitrogen and oxygen atoms in total. The predicted molar refractivity (Wildman–Crippen MR) is 72.4 cm³/mol. The Balaban J connectivity index is 0.000000186. The van der Waals surface area contributed by atoms with Gasteiger partial charge in [0.25, 0.3) is 0 Å². The van der Waals surface area contributed by atoms with E-state index in [2.05, 4.69) is 10.2 Å². The summed E-state index contributed by atoms with van der Waals surface area (Å²) in [5, 5.41) is 6.10. The highest BCUT2D eigenvalue weighted by atomic mass is 16.6. The van der Waals surface area contributed by atoms with Crippen molar-refractivity contribution in [2.24, 2.45) is 11.8 Å². The van der Waals surface area contributed by atoms with Crippen molar-refractivity contribution in [1.82, 2.24) is 15.1 Å². The van der Waals surface area contributed by atoms with E-state index >= 15 is 0 Å². The molecule has 2 heterocycles. The van der Waals surface area contributed by atoms with Gasteiger partial charge in [0.2, 0.25) is 0 Å². The van der Waals surface area contributed by atoms with Gasteiger partial charge >= 0.3 is 6.09 Å². The lowest BCUT2D eigenvalue weighted by Gasteiger charge is -2.25. The molecule has 0 aromatic carbocycles. The third-order valence-electron chi connectivity index (χ3n) is 3.15. The van der Waals surface area contributed by atoms with Crippen LogP contribution in [0.4, 0.5) is 10.6 Å². The lowest BCUT2D eigenvalue weighted by molar-refractivity contribution is 0.0274. The molecule has 1 saturated carbocycles. The number of aromatic amines is 1. The fourth-order valence-electron chi connectivity index (χ4n) is 2.14. The average molecular weight is 266 g/mol. The normalized spacial score (nSPS) is 24.3. The van der Waals surface area contributed by atoms with Crippen LogP contribution in [0.5, 0.6) is 0 Å². The number of nitrogen functional groups attached to an aromatic ring is 1. The Hall–Kier alpha value is -1.72. The molecule has 2 aliphatic rings. The van der Waals surface area contributed by atoms with Gasteiger partial charge in [-0.1, -0.05) is 0 Å². The molecule has 106 valence electrons. The number of nitrogens with two attached hydrogens (primary N) is 1. The number of amides is 1. The molecule has 0 bridgehead atoms. The standard InChI is InChI=1S/C10H17NO2.C3H5N3/c1-10(2,3)13-9(12)11-5-7-4-8(7)6-11;4-3-1-2-5-6-3/h7-8H,4-6H2,1-3H3;1-2H,(H3,4,5,6). The molecule has 1 saturated heterocycles. The number of H-pyrrole nitrogens is 1. The molecule has 3 N–H and O–H groups in total. The molecule has 1 aliphatic carbocycles. The highest BCUT2D eigenvalue weighted by molar-refractivity contribution is 5.68. The summed E-state index contributed by atoms with van der Waals surface area (Å²) in [6, 6.07) is 1.69. The Labute approximate surface area is 113 Å². The van der Waals surface area contributed by atoms with Gasteiger partial charge < -0.3 is 15.4 Å². The molecule has 0 radical (unpaired) electrons. The first-order valence-electron chi connectivity index (χ1n) is 6.58. The summed E-state index contributed by atoms with van der Waals surface area (Å²) in [6.45, 7) is 7.55. The second-order valence-corrected chi connectivity index (χ2v) is 6.15. The van der Waals surface area contributed by atoms with E-state index in [0.29, 0.717) is 5.82 Å². The number of piperidine rings is 1. The summed E-state index contributed by atoms with van der Waals surface area (Å²) in [6.07, 6.45) is 2.79. The summed E-state index contributed by atoms with van der Waals surface area (Å²) in [7, 11) is 0. The van der Waals surface area contributed by atoms with Crippen molar-refractivity contribution in [2.45, 2.75) is 32.8 Å². The van der Waals surface area contributed by atoms with Crippen LogP contribution in [-0.2, 0) is 4.74 Å². The topological polar surface area (TPSA) is 84.2 Å². The largest absolute Gasteiger partial charge is 0.444 e. The summed E-state index contributed by atoms with van der Waals surface area (Å²) in [5.41, 5.74) is 4.80. The van der Waals surface area contributed by atoms with Crippen LogP contribution >= 0.6 is 0 Å². The number of hydrogen-bond acceptors (Lipinski definition) is 4. The van der Waals surface area contributed by atoms with Gasteiger partial charge in [0.15, 0.2) is 0 Å². The van der Waals surface area contributed by atoms with E-state index in [1.807, 2.05) is 25.7 Å². The maximum atomic E-state index is 11.5. The Morgan fingerprint density at radius 1 is 1.47 bits per heavy atom. The first kappa shape index (κ1) is 13.7. The van der Waals surface area contributed by atoms with Crippen LogP contribution in [0.15, 0.2) is 12.3 Å². The molecule has 1 aromatic heterocycles. The molecule has 2 unspecified atom stereocenters. The number of rotatable bonds is 0. The van der Waals surface area contributed by atoms with Crippen molar-refractivity contribution in [3.05, 3.63) is 12.3 Å². The molecule has 19 heavy (non-hydrogen) atoms. The fourth-order valence-corrected chi connectivity index (χ4v) is 2.14. The van der Waals surface area contributed by atoms with Crippen molar-refractivity contribution in [2.75, 3.05) is 18.8 Å². The molecule has 2 fully saturated rings. The molecule has 1 aromatic rings. The number of ether oxygens (including phenoxy) is 1. The zero-order valence-corrected chi connectivity index (χ0v) is 11.7. The lowest BCUT2D eigenvalue weighted by atomic mass is 10.2. The third-order valence-corrected chi connectivity index (χ3v) is 3.15. The van der Waals surface area contributed by atoms with Crippen molar-refractivity contribution in [3.8, 4) is 0 Å². The van der Waals surface area contributed by atoms with Crippen LogP contribution in [0.25, 0.3) is 0 Å². The van der Waals surface area contributed by atoms with Gasteiger partial charge in [-0.05, 0) is 45.1 Å². The van der Waals surface area contributed by atoms with Crippen LogP contribution in [0, 0.1) is 11.8 Å². The zero-order chi connectivity index (χ0) is 14.0. The van der Waals surface area contributed by atoms with Gasteiger partial charge in [0.1, 0.15) is 11.4 Å². The van der Waals surface area contributed by atoms with E-state index < -0.39 is 0 Å². The van der Waals surface area contributed by atoms with E-state index in [0.717, 1.165) is 24.9 Å². The fraction of sp³-hybridized carbons (Fsp3) is 0.692. The van der Waals surface area contributed by atoms with E-state index in [-0.39, 0.29) is 11.7 Å². The Bertz CT molecular complexity index is 414. The second kappa shape index (κ2) is 5.11. The number of hydrogen-bond donors (Lipinski definition) is 2. The van der Waals surface area contributed by atoms with E-state index in [9.17, 15) is 4.79 Å². The quantitative estimate of drug-likeness (QED) is 0.750. The summed E-state index contributed by atoms with van der Waals surface area (Å²) >= 11 is 0. The van der Waals surface area contributed by atoms with Crippen LogP contribution < -0.4 is 5.73 Å². The molecular formula is C13H22N4O2. The van der Waals surface area contributed by atoms with Crippen LogP contribution in [-0.4, -0.2) is 39.9 Å². The van der Waals surface area contributed by atoms with E-state index in [4.69, 9.17) is 10.5 Å².